The summed E-state index contributed by atoms with van der Waals surface area (Å²) in [6.45, 7) is 5.71. The van der Waals surface area contributed by atoms with Crippen molar-refractivity contribution in [1.29, 1.82) is 0 Å². The zero-order valence-corrected chi connectivity index (χ0v) is 20.8. The second-order valence-corrected chi connectivity index (χ2v) is 10.8. The van der Waals surface area contributed by atoms with Gasteiger partial charge in [0.2, 0.25) is 0 Å². The van der Waals surface area contributed by atoms with Crippen LogP contribution in [0.4, 0.5) is 0 Å². The average Bonchev–Trinajstić information content (AvgIpc) is 3.03. The zero-order chi connectivity index (χ0) is 26.2. The molecule has 4 bridgehead atoms. The van der Waals surface area contributed by atoms with Crippen molar-refractivity contribution < 1.29 is 33.7 Å². The van der Waals surface area contributed by atoms with Crippen molar-refractivity contribution in [3.63, 3.8) is 0 Å². The van der Waals surface area contributed by atoms with E-state index in [0.29, 0.717) is 17.6 Å². The molecule has 2 aromatic rings. The van der Waals surface area contributed by atoms with Crippen LogP contribution in [0.15, 0.2) is 66.0 Å². The zero-order valence-electron chi connectivity index (χ0n) is 20.8. The summed E-state index contributed by atoms with van der Waals surface area (Å²) in [6.07, 6.45) is 7.25. The Morgan fingerprint density at radius 3 is 2.73 bits per heavy atom. The van der Waals surface area contributed by atoms with Gasteiger partial charge >= 0.3 is 5.97 Å². The minimum absolute atomic E-state index is 0.0356. The van der Waals surface area contributed by atoms with Gasteiger partial charge in [-0.15, -0.1) is 0 Å². The molecule has 1 aromatic carbocycles. The number of rotatable bonds is 5. The number of esters is 1. The van der Waals surface area contributed by atoms with Crippen LogP contribution in [0.25, 0.3) is 0 Å². The van der Waals surface area contributed by atoms with Gasteiger partial charge in [0, 0.05) is 36.2 Å². The summed E-state index contributed by atoms with van der Waals surface area (Å²) < 4.78 is 18.7. The number of allylic oxidation sites excluding steroid dienone is 1. The van der Waals surface area contributed by atoms with Crippen LogP contribution < -0.4 is 4.74 Å². The van der Waals surface area contributed by atoms with E-state index in [2.05, 4.69) is 4.98 Å². The van der Waals surface area contributed by atoms with Gasteiger partial charge in [-0.05, 0) is 57.0 Å². The summed E-state index contributed by atoms with van der Waals surface area (Å²) in [5, 5.41) is 10.4. The number of ether oxygens (including phenoxy) is 3. The number of hydrogen-bond acceptors (Lipinski definition) is 8. The Kier molecular flexibility index (Phi) is 5.01. The third-order valence-corrected chi connectivity index (χ3v) is 8.19. The predicted octanol–water partition coefficient (Wildman–Crippen LogP) is 3.99. The largest absolute Gasteiger partial charge is 0.507 e. The number of carbonyl (C=O) groups excluding carboxylic acids is 3. The molecule has 1 saturated heterocycles. The van der Waals surface area contributed by atoms with Crippen molar-refractivity contribution in [1.82, 2.24) is 4.98 Å². The summed E-state index contributed by atoms with van der Waals surface area (Å²) in [6, 6.07) is 7.86. The van der Waals surface area contributed by atoms with Crippen molar-refractivity contribution in [3.8, 4) is 11.5 Å². The maximum absolute atomic E-state index is 13.9. The van der Waals surface area contributed by atoms with Crippen LogP contribution in [0, 0.1) is 11.8 Å². The van der Waals surface area contributed by atoms with Crippen molar-refractivity contribution in [2.45, 2.75) is 50.4 Å². The van der Waals surface area contributed by atoms with Gasteiger partial charge in [-0.3, -0.25) is 14.6 Å². The molecule has 3 aliphatic carbocycles. The van der Waals surface area contributed by atoms with Crippen LogP contribution >= 0.6 is 0 Å². The molecule has 1 spiro atoms. The van der Waals surface area contributed by atoms with E-state index >= 15 is 0 Å². The van der Waals surface area contributed by atoms with Crippen LogP contribution in [0.1, 0.15) is 54.3 Å². The summed E-state index contributed by atoms with van der Waals surface area (Å²) in [7, 11) is 0. The van der Waals surface area contributed by atoms with Gasteiger partial charge in [-0.2, -0.15) is 0 Å². The number of pyridine rings is 1. The maximum Gasteiger partial charge on any atom is 0.338 e. The highest BCUT2D eigenvalue weighted by atomic mass is 16.6. The summed E-state index contributed by atoms with van der Waals surface area (Å²) in [4.78, 5) is 43.9. The molecule has 4 atom stereocenters. The first kappa shape index (κ1) is 23.6. The molecule has 3 heterocycles. The number of ketones is 2. The maximum atomic E-state index is 13.9. The molecule has 1 aromatic heterocycles. The number of hydrogen-bond donors (Lipinski definition) is 1. The average molecular weight is 502 g/mol. The summed E-state index contributed by atoms with van der Waals surface area (Å²) in [5.41, 5.74) is -1.86. The molecule has 1 saturated carbocycles. The number of fused-ring (bicyclic) bond motifs is 1. The van der Waals surface area contributed by atoms with E-state index in [4.69, 9.17) is 14.2 Å². The van der Waals surface area contributed by atoms with E-state index in [-0.39, 0.29) is 47.6 Å². The lowest BCUT2D eigenvalue weighted by atomic mass is 9.51. The smallest absolute Gasteiger partial charge is 0.338 e. The van der Waals surface area contributed by atoms with Gasteiger partial charge < -0.3 is 19.3 Å². The van der Waals surface area contributed by atoms with Crippen LogP contribution in [0.2, 0.25) is 0 Å². The fraction of sp³-hybridized carbons (Fsp3) is 0.379. The van der Waals surface area contributed by atoms with E-state index in [1.54, 1.807) is 30.3 Å². The lowest BCUT2D eigenvalue weighted by Crippen LogP contribution is -2.72. The van der Waals surface area contributed by atoms with E-state index in [9.17, 15) is 19.5 Å². The second-order valence-electron chi connectivity index (χ2n) is 10.8. The molecule has 190 valence electrons. The highest BCUT2D eigenvalue weighted by Crippen LogP contribution is 2.67. The van der Waals surface area contributed by atoms with E-state index < -0.39 is 28.7 Å². The number of nitrogens with zero attached hydrogens (tertiary/aromatic N) is 1. The molecular weight excluding hydrogens is 474 g/mol. The molecule has 2 aliphatic heterocycles. The first-order valence-corrected chi connectivity index (χ1v) is 12.4. The number of benzene rings is 1. The lowest BCUT2D eigenvalue weighted by molar-refractivity contribution is -0.171. The van der Waals surface area contributed by atoms with Gasteiger partial charge in [0.25, 0.3) is 0 Å². The quantitative estimate of drug-likeness (QED) is 0.484. The SMILES string of the molecule is C/C(=C/C[C@@]12OC(C)(C)[C@@H]3C[C@@H](C=C4C(=O)c5c(O)cccc5O[C@]431)C2=O)COC(=O)c1ccncc1. The number of phenols is 1. The molecule has 0 amide bonds. The monoisotopic (exact) mass is 501 g/mol. The topological polar surface area (TPSA) is 112 Å². The molecule has 2 fully saturated rings. The van der Waals surface area contributed by atoms with E-state index in [1.807, 2.05) is 26.8 Å². The minimum atomic E-state index is -1.43. The van der Waals surface area contributed by atoms with E-state index in [0.717, 1.165) is 5.57 Å². The Morgan fingerprint density at radius 1 is 1.22 bits per heavy atom. The number of Topliss-reactive ketones (excluding diaryl/α,β-unsaturated/α-hetero) is 2. The Bertz CT molecular complexity index is 1410. The van der Waals surface area contributed by atoms with Crippen LogP contribution in [-0.4, -0.2) is 51.0 Å². The van der Waals surface area contributed by atoms with Gasteiger partial charge in [0.05, 0.1) is 11.2 Å². The molecule has 8 nitrogen and oxygen atoms in total. The number of aromatic hydroxyl groups is 1. The highest BCUT2D eigenvalue weighted by Gasteiger charge is 2.81. The number of carbonyl (C=O) groups is 3. The Balaban J connectivity index is 1.37. The van der Waals surface area contributed by atoms with Crippen LogP contribution in [0.3, 0.4) is 0 Å². The predicted molar refractivity (Wildman–Crippen MR) is 131 cm³/mol. The van der Waals surface area contributed by atoms with E-state index in [1.165, 1.54) is 18.5 Å². The molecule has 37 heavy (non-hydrogen) atoms. The Hall–Kier alpha value is -3.78. The highest BCUT2D eigenvalue weighted by molar-refractivity contribution is 6.18. The summed E-state index contributed by atoms with van der Waals surface area (Å²) in [5.74, 6) is -1.56. The van der Waals surface area contributed by atoms with Crippen LogP contribution in [-0.2, 0) is 14.3 Å². The van der Waals surface area contributed by atoms with Gasteiger partial charge in [-0.25, -0.2) is 4.79 Å². The molecule has 1 N–H and O–H groups in total. The van der Waals surface area contributed by atoms with Gasteiger partial charge in [-0.1, -0.05) is 18.2 Å². The molecule has 7 rings (SSSR count). The molecule has 5 aliphatic rings. The molecule has 8 heteroatoms. The number of phenolic OH excluding ortho intramolecular Hbond substituents is 1. The third-order valence-electron chi connectivity index (χ3n) is 8.19. The van der Waals surface area contributed by atoms with Gasteiger partial charge in [0.1, 0.15) is 23.7 Å². The minimum Gasteiger partial charge on any atom is -0.507 e. The van der Waals surface area contributed by atoms with Crippen molar-refractivity contribution >= 4 is 17.5 Å². The Morgan fingerprint density at radius 2 is 1.97 bits per heavy atom. The molecule has 0 radical (unpaired) electrons. The van der Waals surface area contributed by atoms with Crippen molar-refractivity contribution in [2.24, 2.45) is 11.8 Å². The van der Waals surface area contributed by atoms with Crippen molar-refractivity contribution in [2.75, 3.05) is 6.61 Å². The number of aromatic nitrogens is 1. The first-order chi connectivity index (χ1) is 17.6. The molecule has 0 unspecified atom stereocenters. The second kappa shape index (κ2) is 7.86. The standard InChI is InChI=1S/C29H27NO7/c1-16(15-35-26(34)17-8-11-30-12-9-17)7-10-28-25(33)18-13-19-24(32)23-20(31)5-4-6-21(23)36-29(19,28)22(14-18)27(2,3)37-28/h4-9,11-13,18,22,31H,10,14-15H2,1-3H3/b16-7-/t18-,22+,28+,29-/m1/s1. The van der Waals surface area contributed by atoms with Crippen molar-refractivity contribution in [3.05, 3.63) is 77.2 Å². The lowest BCUT2D eigenvalue weighted by Gasteiger charge is -2.56. The van der Waals surface area contributed by atoms with Crippen LogP contribution in [0.5, 0.6) is 11.5 Å². The fourth-order valence-electron chi connectivity index (χ4n) is 6.60. The normalized spacial score (nSPS) is 30.8. The first-order valence-electron chi connectivity index (χ1n) is 12.4. The third kappa shape index (κ3) is 3.11. The Labute approximate surface area is 213 Å². The van der Waals surface area contributed by atoms with Gasteiger partial charge in [0.15, 0.2) is 22.8 Å². The summed E-state index contributed by atoms with van der Waals surface area (Å²) >= 11 is 0. The molecular formula is C29H27NO7. The fourth-order valence-corrected chi connectivity index (χ4v) is 6.60.